The Bertz CT molecular complexity index is 772. The van der Waals surface area contributed by atoms with E-state index in [1.807, 2.05) is 0 Å². The highest BCUT2D eigenvalue weighted by atomic mass is 79.9. The van der Waals surface area contributed by atoms with E-state index in [1.54, 1.807) is 6.92 Å². The van der Waals surface area contributed by atoms with Crippen molar-refractivity contribution in [2.24, 2.45) is 0 Å². The summed E-state index contributed by atoms with van der Waals surface area (Å²) < 4.78 is 52.2. The first-order valence-corrected chi connectivity index (χ1v) is 8.88. The van der Waals surface area contributed by atoms with Gasteiger partial charge in [-0.05, 0) is 18.6 Å². The molecule has 1 aromatic heterocycles. The van der Waals surface area contributed by atoms with Crippen molar-refractivity contribution in [3.8, 4) is 11.4 Å². The molecule has 0 aliphatic carbocycles. The molecule has 0 unspecified atom stereocenters. The highest BCUT2D eigenvalue weighted by molar-refractivity contribution is 9.10. The fourth-order valence-electron chi connectivity index (χ4n) is 1.84. The minimum Gasteiger partial charge on any atom is -0.297 e. The fourth-order valence-corrected chi connectivity index (χ4v) is 3.16. The molecule has 114 valence electrons. The van der Waals surface area contributed by atoms with Crippen LogP contribution in [0.25, 0.3) is 11.4 Å². The number of rotatable bonds is 4. The first kappa shape index (κ1) is 16.3. The molecule has 0 saturated carbocycles. The van der Waals surface area contributed by atoms with Gasteiger partial charge in [-0.25, -0.2) is 17.2 Å². The minimum absolute atomic E-state index is 0.151. The SMILES string of the molecule is CCCn1c(-c2c(F)cc(Br)cc2F)nnc1S(=O)(=O)Cl. The lowest BCUT2D eigenvalue weighted by Crippen LogP contribution is -2.09. The summed E-state index contributed by atoms with van der Waals surface area (Å²) in [7, 11) is 1.09. The normalized spacial score (nSPS) is 11.9. The zero-order chi connectivity index (χ0) is 15.8. The molecule has 0 radical (unpaired) electrons. The average molecular weight is 401 g/mol. The van der Waals surface area contributed by atoms with Gasteiger partial charge in [0.25, 0.3) is 14.2 Å². The van der Waals surface area contributed by atoms with E-state index >= 15 is 0 Å². The van der Waals surface area contributed by atoms with E-state index in [9.17, 15) is 17.2 Å². The highest BCUT2D eigenvalue weighted by Crippen LogP contribution is 2.29. The van der Waals surface area contributed by atoms with Crippen LogP contribution in [0.5, 0.6) is 0 Å². The zero-order valence-electron chi connectivity index (χ0n) is 10.6. The maximum absolute atomic E-state index is 14.0. The predicted molar refractivity (Wildman–Crippen MR) is 76.4 cm³/mol. The maximum atomic E-state index is 14.0. The first-order chi connectivity index (χ1) is 9.75. The smallest absolute Gasteiger partial charge is 0.296 e. The van der Waals surface area contributed by atoms with Crippen molar-refractivity contribution >= 4 is 35.7 Å². The van der Waals surface area contributed by atoms with Gasteiger partial charge < -0.3 is 0 Å². The van der Waals surface area contributed by atoms with Crippen LogP contribution in [0, 0.1) is 11.6 Å². The molecular weight excluding hydrogens is 392 g/mol. The number of benzene rings is 1. The van der Waals surface area contributed by atoms with Crippen molar-refractivity contribution in [1.29, 1.82) is 0 Å². The van der Waals surface area contributed by atoms with E-state index in [0.717, 1.165) is 16.7 Å². The lowest BCUT2D eigenvalue weighted by Gasteiger charge is -2.09. The Labute approximate surface area is 132 Å². The summed E-state index contributed by atoms with van der Waals surface area (Å²) in [5.74, 6) is -1.99. The molecule has 0 aliphatic rings. The van der Waals surface area contributed by atoms with Gasteiger partial charge in [0.2, 0.25) is 0 Å². The molecule has 2 aromatic rings. The second kappa shape index (κ2) is 5.98. The summed E-state index contributed by atoms with van der Waals surface area (Å²) in [5, 5.41) is 6.47. The highest BCUT2D eigenvalue weighted by Gasteiger charge is 2.26. The standard InChI is InChI=1S/C11H9BrClF2N3O2S/c1-2-3-18-10(16-17-11(18)21(13,19)20)9-7(14)4-6(12)5-8(9)15/h4-5H,2-3H2,1H3. The van der Waals surface area contributed by atoms with Crippen LogP contribution in [0.4, 0.5) is 8.78 Å². The third-order valence-electron chi connectivity index (χ3n) is 2.61. The van der Waals surface area contributed by atoms with E-state index in [0.29, 0.717) is 6.42 Å². The molecule has 0 amide bonds. The molecule has 0 N–H and O–H groups in total. The molecule has 5 nitrogen and oxygen atoms in total. The molecular formula is C11H9BrClF2N3O2S. The zero-order valence-corrected chi connectivity index (χ0v) is 13.8. The van der Waals surface area contributed by atoms with Crippen LogP contribution in [-0.2, 0) is 15.6 Å². The molecule has 2 rings (SSSR count). The number of hydrogen-bond acceptors (Lipinski definition) is 4. The van der Waals surface area contributed by atoms with Crippen molar-refractivity contribution in [1.82, 2.24) is 14.8 Å². The van der Waals surface area contributed by atoms with E-state index in [2.05, 4.69) is 26.1 Å². The van der Waals surface area contributed by atoms with Crippen LogP contribution in [-0.4, -0.2) is 23.2 Å². The van der Waals surface area contributed by atoms with Gasteiger partial charge in [0.05, 0.1) is 5.56 Å². The van der Waals surface area contributed by atoms with Crippen molar-refractivity contribution < 1.29 is 17.2 Å². The molecule has 0 saturated heterocycles. The fraction of sp³-hybridized carbons (Fsp3) is 0.273. The van der Waals surface area contributed by atoms with Gasteiger partial charge in [-0.15, -0.1) is 10.2 Å². The summed E-state index contributed by atoms with van der Waals surface area (Å²) in [4.78, 5) is 0. The molecule has 10 heteroatoms. The van der Waals surface area contributed by atoms with Gasteiger partial charge >= 0.3 is 0 Å². The number of nitrogens with zero attached hydrogens (tertiary/aromatic N) is 3. The first-order valence-electron chi connectivity index (χ1n) is 5.78. The van der Waals surface area contributed by atoms with E-state index < -0.39 is 31.4 Å². The average Bonchev–Trinajstić information content (AvgIpc) is 2.72. The lowest BCUT2D eigenvalue weighted by atomic mass is 10.2. The predicted octanol–water partition coefficient (Wildman–Crippen LogP) is 3.32. The van der Waals surface area contributed by atoms with Crippen molar-refractivity contribution in [2.45, 2.75) is 25.0 Å². The summed E-state index contributed by atoms with van der Waals surface area (Å²) >= 11 is 2.97. The van der Waals surface area contributed by atoms with Gasteiger partial charge in [0.15, 0.2) is 5.82 Å². The minimum atomic E-state index is -4.17. The summed E-state index contributed by atoms with van der Waals surface area (Å²) in [6.45, 7) is 1.92. The van der Waals surface area contributed by atoms with Gasteiger partial charge in [-0.2, -0.15) is 0 Å². The molecule has 0 atom stereocenters. The Morgan fingerprint density at radius 3 is 2.33 bits per heavy atom. The third kappa shape index (κ3) is 3.24. The summed E-state index contributed by atoms with van der Waals surface area (Å²) in [6.07, 6.45) is 0.504. The molecule has 0 fully saturated rings. The Kier molecular flexibility index (Phi) is 4.64. The van der Waals surface area contributed by atoms with Crippen LogP contribution >= 0.6 is 26.6 Å². The molecule has 1 aromatic carbocycles. The quantitative estimate of drug-likeness (QED) is 0.739. The van der Waals surface area contributed by atoms with Crippen LogP contribution in [0.2, 0.25) is 0 Å². The monoisotopic (exact) mass is 399 g/mol. The molecule has 0 spiro atoms. The molecule has 0 aliphatic heterocycles. The van der Waals surface area contributed by atoms with Crippen molar-refractivity contribution in [3.63, 3.8) is 0 Å². The topological polar surface area (TPSA) is 64.8 Å². The molecule has 0 bridgehead atoms. The number of halogens is 4. The van der Waals surface area contributed by atoms with Gasteiger partial charge in [-0.3, -0.25) is 4.57 Å². The van der Waals surface area contributed by atoms with Crippen molar-refractivity contribution in [3.05, 3.63) is 28.2 Å². The summed E-state index contributed by atoms with van der Waals surface area (Å²) in [5.41, 5.74) is -0.453. The Morgan fingerprint density at radius 2 is 1.86 bits per heavy atom. The van der Waals surface area contributed by atoms with Gasteiger partial charge in [0, 0.05) is 21.7 Å². The van der Waals surface area contributed by atoms with Crippen LogP contribution in [0.15, 0.2) is 21.8 Å². The Hall–Kier alpha value is -1.06. The maximum Gasteiger partial charge on any atom is 0.296 e. The van der Waals surface area contributed by atoms with E-state index in [4.69, 9.17) is 10.7 Å². The Balaban J connectivity index is 2.74. The molecule has 21 heavy (non-hydrogen) atoms. The van der Waals surface area contributed by atoms with Crippen LogP contribution < -0.4 is 0 Å². The van der Waals surface area contributed by atoms with Crippen LogP contribution in [0.3, 0.4) is 0 Å². The largest absolute Gasteiger partial charge is 0.297 e. The second-order valence-electron chi connectivity index (χ2n) is 4.14. The summed E-state index contributed by atoms with van der Waals surface area (Å²) in [6, 6.07) is 2.11. The van der Waals surface area contributed by atoms with Crippen LogP contribution in [0.1, 0.15) is 13.3 Å². The Morgan fingerprint density at radius 1 is 1.29 bits per heavy atom. The molecule has 1 heterocycles. The van der Waals surface area contributed by atoms with Gasteiger partial charge in [0.1, 0.15) is 11.6 Å². The van der Waals surface area contributed by atoms with E-state index in [1.165, 1.54) is 0 Å². The van der Waals surface area contributed by atoms with E-state index in [-0.39, 0.29) is 16.8 Å². The van der Waals surface area contributed by atoms with Crippen molar-refractivity contribution in [2.75, 3.05) is 0 Å². The third-order valence-corrected chi connectivity index (χ3v) is 4.22. The number of aromatic nitrogens is 3. The van der Waals surface area contributed by atoms with Gasteiger partial charge in [-0.1, -0.05) is 22.9 Å². The number of hydrogen-bond donors (Lipinski definition) is 0. The second-order valence-corrected chi connectivity index (χ2v) is 7.52. The lowest BCUT2D eigenvalue weighted by molar-refractivity contribution is 0.560.